The van der Waals surface area contributed by atoms with Gasteiger partial charge in [0.15, 0.2) is 0 Å². The van der Waals surface area contributed by atoms with Crippen LogP contribution < -0.4 is 10.6 Å². The van der Waals surface area contributed by atoms with E-state index in [2.05, 4.69) is 36.3 Å². The summed E-state index contributed by atoms with van der Waals surface area (Å²) in [5.74, 6) is -0.562. The topological polar surface area (TPSA) is 85.2 Å². The number of carbonyl (C=O) groups excluding carboxylic acids is 2. The van der Waals surface area contributed by atoms with Crippen molar-refractivity contribution in [3.05, 3.63) is 95.1 Å². The van der Waals surface area contributed by atoms with E-state index >= 15 is 0 Å². The van der Waals surface area contributed by atoms with Crippen LogP contribution in [0.4, 0.5) is 11.4 Å². The van der Waals surface area contributed by atoms with E-state index in [1.54, 1.807) is 48.5 Å². The van der Waals surface area contributed by atoms with Crippen molar-refractivity contribution >= 4 is 23.2 Å². The van der Waals surface area contributed by atoms with Crippen LogP contribution in [0.25, 0.3) is 0 Å². The summed E-state index contributed by atoms with van der Waals surface area (Å²) in [7, 11) is 0. The first-order valence-electron chi connectivity index (χ1n) is 11.0. The van der Waals surface area contributed by atoms with Gasteiger partial charge in [-0.2, -0.15) is 5.26 Å². The molecule has 0 bridgehead atoms. The van der Waals surface area contributed by atoms with Gasteiger partial charge < -0.3 is 10.6 Å². The molecule has 3 aromatic carbocycles. The van der Waals surface area contributed by atoms with E-state index in [-0.39, 0.29) is 11.8 Å². The quantitative estimate of drug-likeness (QED) is 0.498. The fourth-order valence-electron chi connectivity index (χ4n) is 3.47. The number of nitrogens with one attached hydrogen (secondary N) is 2. The number of nitriles is 1. The maximum absolute atomic E-state index is 12.7. The molecule has 3 aromatic rings. The predicted molar refractivity (Wildman–Crippen MR) is 131 cm³/mol. The van der Waals surface area contributed by atoms with Gasteiger partial charge in [-0.1, -0.05) is 31.2 Å². The van der Waals surface area contributed by atoms with E-state index in [9.17, 15) is 9.59 Å². The van der Waals surface area contributed by atoms with E-state index in [1.807, 2.05) is 30.3 Å². The van der Waals surface area contributed by atoms with E-state index in [0.29, 0.717) is 34.1 Å². The van der Waals surface area contributed by atoms with Crippen molar-refractivity contribution in [1.82, 2.24) is 4.90 Å². The van der Waals surface area contributed by atoms with Crippen molar-refractivity contribution < 1.29 is 9.59 Å². The van der Waals surface area contributed by atoms with E-state index in [1.165, 1.54) is 0 Å². The first-order chi connectivity index (χ1) is 15.9. The predicted octanol–water partition coefficient (Wildman–Crippen LogP) is 5.29. The molecule has 0 atom stereocenters. The van der Waals surface area contributed by atoms with Gasteiger partial charge in [-0.3, -0.25) is 14.5 Å². The molecule has 0 fully saturated rings. The summed E-state index contributed by atoms with van der Waals surface area (Å²) in [5, 5.41) is 14.6. The van der Waals surface area contributed by atoms with Crippen molar-refractivity contribution in [2.24, 2.45) is 0 Å². The Balaban J connectivity index is 1.65. The molecule has 168 valence electrons. The van der Waals surface area contributed by atoms with E-state index < -0.39 is 0 Å². The van der Waals surface area contributed by atoms with Crippen LogP contribution in [0, 0.1) is 11.3 Å². The molecule has 0 heterocycles. The van der Waals surface area contributed by atoms with E-state index in [4.69, 9.17) is 5.26 Å². The van der Waals surface area contributed by atoms with Crippen molar-refractivity contribution in [2.75, 3.05) is 17.2 Å². The zero-order chi connectivity index (χ0) is 23.8. The molecule has 0 aliphatic carbocycles. The van der Waals surface area contributed by atoms with Crippen LogP contribution in [0.1, 0.15) is 52.6 Å². The maximum Gasteiger partial charge on any atom is 0.255 e. The number of nitrogens with zero attached hydrogens (tertiary/aromatic N) is 2. The minimum Gasteiger partial charge on any atom is -0.322 e. The van der Waals surface area contributed by atoms with Gasteiger partial charge in [-0.15, -0.1) is 0 Å². The second kappa shape index (κ2) is 11.1. The lowest BCUT2D eigenvalue weighted by atomic mass is 10.1. The smallest absolute Gasteiger partial charge is 0.255 e. The van der Waals surface area contributed by atoms with Crippen LogP contribution in [0.3, 0.4) is 0 Å². The van der Waals surface area contributed by atoms with Gasteiger partial charge in [-0.05, 0) is 74.5 Å². The molecule has 0 aromatic heterocycles. The molecule has 0 aliphatic rings. The molecule has 2 N–H and O–H groups in total. The Morgan fingerprint density at radius 2 is 1.48 bits per heavy atom. The number of carbonyl (C=O) groups is 2. The van der Waals surface area contributed by atoms with Crippen molar-refractivity contribution in [2.45, 2.75) is 33.4 Å². The molecule has 0 saturated carbocycles. The summed E-state index contributed by atoms with van der Waals surface area (Å²) in [4.78, 5) is 27.7. The van der Waals surface area contributed by atoms with Crippen molar-refractivity contribution in [3.8, 4) is 6.07 Å². The lowest BCUT2D eigenvalue weighted by Crippen LogP contribution is -2.29. The van der Waals surface area contributed by atoms with Crippen LogP contribution in [-0.2, 0) is 6.54 Å². The molecular weight excluding hydrogens is 412 g/mol. The molecule has 6 heteroatoms. The summed E-state index contributed by atoms with van der Waals surface area (Å²) in [6, 6.07) is 23.5. The van der Waals surface area contributed by atoms with Crippen LogP contribution in [0.5, 0.6) is 0 Å². The minimum atomic E-state index is -0.323. The maximum atomic E-state index is 12.7. The second-order valence-corrected chi connectivity index (χ2v) is 8.04. The summed E-state index contributed by atoms with van der Waals surface area (Å²) < 4.78 is 0. The Bertz CT molecular complexity index is 1160. The third-order valence-corrected chi connectivity index (χ3v) is 5.37. The zero-order valence-corrected chi connectivity index (χ0v) is 19.1. The number of amides is 2. The Labute approximate surface area is 194 Å². The highest BCUT2D eigenvalue weighted by Crippen LogP contribution is 2.16. The molecule has 0 unspecified atom stereocenters. The minimum absolute atomic E-state index is 0.239. The van der Waals surface area contributed by atoms with Crippen LogP contribution >= 0.6 is 0 Å². The zero-order valence-electron chi connectivity index (χ0n) is 19.1. The number of rotatable bonds is 8. The van der Waals surface area contributed by atoms with Gasteiger partial charge in [0, 0.05) is 35.1 Å². The fourth-order valence-corrected chi connectivity index (χ4v) is 3.47. The molecule has 0 radical (unpaired) electrons. The summed E-state index contributed by atoms with van der Waals surface area (Å²) in [6.45, 7) is 8.28. The lowest BCUT2D eigenvalue weighted by molar-refractivity contribution is 0.101. The normalized spacial score (nSPS) is 10.7. The molecule has 0 aliphatic heterocycles. The Morgan fingerprint density at radius 3 is 2.09 bits per heavy atom. The van der Waals surface area contributed by atoms with Gasteiger partial charge in [-0.25, -0.2) is 0 Å². The number of hydrogen-bond acceptors (Lipinski definition) is 4. The first-order valence-corrected chi connectivity index (χ1v) is 11.0. The van der Waals surface area contributed by atoms with Gasteiger partial charge in [0.1, 0.15) is 0 Å². The van der Waals surface area contributed by atoms with Gasteiger partial charge >= 0.3 is 0 Å². The van der Waals surface area contributed by atoms with Crippen molar-refractivity contribution in [3.63, 3.8) is 0 Å². The third kappa shape index (κ3) is 6.52. The SMILES string of the molecule is CCN(Cc1ccc(C(=O)Nc2cccc(C(=O)Nc3cccc(C#N)c3)c2)cc1)C(C)C. The second-order valence-electron chi connectivity index (χ2n) is 8.04. The van der Waals surface area contributed by atoms with E-state index in [0.717, 1.165) is 18.7 Å². The summed E-state index contributed by atoms with van der Waals surface area (Å²) >= 11 is 0. The molecule has 0 spiro atoms. The van der Waals surface area contributed by atoms with Crippen LogP contribution in [-0.4, -0.2) is 29.3 Å². The molecule has 33 heavy (non-hydrogen) atoms. The molecule has 6 nitrogen and oxygen atoms in total. The van der Waals surface area contributed by atoms with Crippen LogP contribution in [0.2, 0.25) is 0 Å². The highest BCUT2D eigenvalue weighted by molar-refractivity contribution is 6.07. The monoisotopic (exact) mass is 440 g/mol. The number of hydrogen-bond donors (Lipinski definition) is 2. The average molecular weight is 441 g/mol. The molecular formula is C27H28N4O2. The molecule has 2 amide bonds. The Morgan fingerprint density at radius 1 is 0.879 bits per heavy atom. The average Bonchev–Trinajstić information content (AvgIpc) is 2.83. The Hall–Kier alpha value is -3.95. The van der Waals surface area contributed by atoms with Gasteiger partial charge in [0.05, 0.1) is 11.6 Å². The largest absolute Gasteiger partial charge is 0.322 e. The lowest BCUT2D eigenvalue weighted by Gasteiger charge is -2.24. The summed E-state index contributed by atoms with van der Waals surface area (Å²) in [5.41, 5.74) is 3.63. The highest BCUT2D eigenvalue weighted by Gasteiger charge is 2.12. The molecule has 3 rings (SSSR count). The van der Waals surface area contributed by atoms with Gasteiger partial charge in [0.2, 0.25) is 0 Å². The highest BCUT2D eigenvalue weighted by atomic mass is 16.2. The van der Waals surface area contributed by atoms with Gasteiger partial charge in [0.25, 0.3) is 11.8 Å². The van der Waals surface area contributed by atoms with Crippen molar-refractivity contribution in [1.29, 1.82) is 5.26 Å². The standard InChI is InChI=1S/C27H28N4O2/c1-4-31(19(2)3)18-20-11-13-22(14-12-20)26(32)30-25-10-6-8-23(16-25)27(33)29-24-9-5-7-21(15-24)17-28/h5-16,19H,4,18H2,1-3H3,(H,29,33)(H,30,32). The number of benzene rings is 3. The van der Waals surface area contributed by atoms with Crippen LogP contribution in [0.15, 0.2) is 72.8 Å². The molecule has 0 saturated heterocycles. The fraction of sp³-hybridized carbons (Fsp3) is 0.222. The first kappa shape index (κ1) is 23.7. The number of anilines is 2. The third-order valence-electron chi connectivity index (χ3n) is 5.37. The summed E-state index contributed by atoms with van der Waals surface area (Å²) in [6.07, 6.45) is 0. The Kier molecular flexibility index (Phi) is 7.96.